The average molecular weight is 277 g/mol. The minimum atomic E-state index is -1.09. The molecule has 3 rings (SSSR count). The molecule has 1 aromatic carbocycles. The van der Waals surface area contributed by atoms with Gasteiger partial charge in [0.05, 0.1) is 11.3 Å². The van der Waals surface area contributed by atoms with Gasteiger partial charge in [0.1, 0.15) is 5.82 Å². The third-order valence-corrected chi connectivity index (χ3v) is 4.36. The molecule has 1 N–H and O–H groups in total. The number of hydrogen-bond donors (Lipinski definition) is 1. The van der Waals surface area contributed by atoms with Crippen LogP contribution in [0.25, 0.3) is 0 Å². The van der Waals surface area contributed by atoms with Crippen molar-refractivity contribution in [3.05, 3.63) is 51.5 Å². The summed E-state index contributed by atoms with van der Waals surface area (Å²) in [4.78, 5) is 14.3. The minimum absolute atomic E-state index is 0.0266. The first-order chi connectivity index (χ1) is 9.16. The van der Waals surface area contributed by atoms with Crippen molar-refractivity contribution in [3.63, 3.8) is 0 Å². The van der Waals surface area contributed by atoms with E-state index in [1.54, 1.807) is 11.3 Å². The zero-order valence-electron chi connectivity index (χ0n) is 10.1. The van der Waals surface area contributed by atoms with Gasteiger partial charge in [-0.1, -0.05) is 6.07 Å². The molecule has 1 aliphatic rings. The predicted octanol–water partition coefficient (Wildman–Crippen LogP) is 3.15. The van der Waals surface area contributed by atoms with Gasteiger partial charge in [-0.25, -0.2) is 9.18 Å². The molecule has 0 saturated heterocycles. The zero-order chi connectivity index (χ0) is 13.4. The maximum absolute atomic E-state index is 14.0. The molecule has 0 amide bonds. The van der Waals surface area contributed by atoms with Gasteiger partial charge in [0, 0.05) is 18.0 Å². The summed E-state index contributed by atoms with van der Waals surface area (Å²) in [7, 11) is 0. The highest BCUT2D eigenvalue weighted by Crippen LogP contribution is 2.31. The number of rotatable bonds is 2. The summed E-state index contributed by atoms with van der Waals surface area (Å²) in [6.45, 7) is 1.22. The van der Waals surface area contributed by atoms with Gasteiger partial charge in [-0.05, 0) is 35.6 Å². The third kappa shape index (κ3) is 2.10. The Bertz CT molecular complexity index is 638. The van der Waals surface area contributed by atoms with Crippen molar-refractivity contribution in [2.45, 2.75) is 13.0 Å². The topological polar surface area (TPSA) is 40.5 Å². The lowest BCUT2D eigenvalue weighted by Gasteiger charge is -2.30. The highest BCUT2D eigenvalue weighted by Gasteiger charge is 2.24. The van der Waals surface area contributed by atoms with Crippen LogP contribution in [0.2, 0.25) is 0 Å². The SMILES string of the molecule is O=C(O)c1cccc(F)c1N1CCc2sccc2C1. The molecule has 1 aromatic heterocycles. The van der Waals surface area contributed by atoms with Gasteiger partial charge < -0.3 is 10.0 Å². The van der Waals surface area contributed by atoms with E-state index in [9.17, 15) is 14.3 Å². The molecule has 0 aliphatic carbocycles. The van der Waals surface area contributed by atoms with Crippen LogP contribution < -0.4 is 4.90 Å². The Labute approximate surface area is 113 Å². The van der Waals surface area contributed by atoms with Crippen LogP contribution in [0, 0.1) is 5.82 Å². The predicted molar refractivity (Wildman–Crippen MR) is 72.4 cm³/mol. The van der Waals surface area contributed by atoms with Crippen LogP contribution in [-0.2, 0) is 13.0 Å². The first-order valence-corrected chi connectivity index (χ1v) is 6.87. The molecule has 0 radical (unpaired) electrons. The normalized spacial score (nSPS) is 14.3. The standard InChI is InChI=1S/C14H12FNO2S/c15-11-3-1-2-10(14(17)18)13(11)16-6-4-12-9(8-16)5-7-19-12/h1-3,5,7H,4,6,8H2,(H,17,18). The maximum atomic E-state index is 14.0. The summed E-state index contributed by atoms with van der Waals surface area (Å²) in [5.41, 5.74) is 1.39. The molecule has 0 bridgehead atoms. The van der Waals surface area contributed by atoms with Gasteiger partial charge in [-0.2, -0.15) is 0 Å². The van der Waals surface area contributed by atoms with E-state index in [-0.39, 0.29) is 11.3 Å². The Morgan fingerprint density at radius 3 is 3.00 bits per heavy atom. The fourth-order valence-electron chi connectivity index (χ4n) is 2.45. The molecule has 0 unspecified atom stereocenters. The van der Waals surface area contributed by atoms with Crippen LogP contribution in [0.4, 0.5) is 10.1 Å². The van der Waals surface area contributed by atoms with Crippen molar-refractivity contribution in [2.24, 2.45) is 0 Å². The van der Waals surface area contributed by atoms with Gasteiger partial charge in [0.2, 0.25) is 0 Å². The summed E-state index contributed by atoms with van der Waals surface area (Å²) in [5, 5.41) is 11.2. The fourth-order valence-corrected chi connectivity index (χ4v) is 3.34. The van der Waals surface area contributed by atoms with E-state index in [4.69, 9.17) is 0 Å². The number of thiophene rings is 1. The first-order valence-electron chi connectivity index (χ1n) is 5.99. The Kier molecular flexibility index (Phi) is 2.98. The Morgan fingerprint density at radius 1 is 1.37 bits per heavy atom. The van der Waals surface area contributed by atoms with Crippen LogP contribution in [0.1, 0.15) is 20.8 Å². The number of benzene rings is 1. The number of hydrogen-bond acceptors (Lipinski definition) is 3. The molecule has 3 nitrogen and oxygen atoms in total. The van der Waals surface area contributed by atoms with Crippen LogP contribution in [0.15, 0.2) is 29.6 Å². The van der Waals surface area contributed by atoms with Crippen molar-refractivity contribution >= 4 is 23.0 Å². The van der Waals surface area contributed by atoms with Crippen LogP contribution >= 0.6 is 11.3 Å². The summed E-state index contributed by atoms with van der Waals surface area (Å²) in [5.74, 6) is -1.57. The second kappa shape index (κ2) is 4.66. The van der Waals surface area contributed by atoms with E-state index < -0.39 is 11.8 Å². The van der Waals surface area contributed by atoms with Crippen LogP contribution in [-0.4, -0.2) is 17.6 Å². The molecule has 98 valence electrons. The number of fused-ring (bicyclic) bond motifs is 1. The van der Waals surface area contributed by atoms with E-state index in [1.807, 2.05) is 16.3 Å². The Balaban J connectivity index is 2.02. The van der Waals surface area contributed by atoms with E-state index in [1.165, 1.54) is 23.1 Å². The van der Waals surface area contributed by atoms with Crippen LogP contribution in [0.5, 0.6) is 0 Å². The fraction of sp³-hybridized carbons (Fsp3) is 0.214. The molecule has 2 heterocycles. The number of anilines is 1. The summed E-state index contributed by atoms with van der Waals surface area (Å²) in [6, 6.07) is 6.21. The average Bonchev–Trinajstić information content (AvgIpc) is 2.85. The third-order valence-electron chi connectivity index (χ3n) is 3.34. The smallest absolute Gasteiger partial charge is 0.337 e. The quantitative estimate of drug-likeness (QED) is 0.916. The van der Waals surface area contributed by atoms with Crippen molar-refractivity contribution in [2.75, 3.05) is 11.4 Å². The largest absolute Gasteiger partial charge is 0.478 e. The van der Waals surface area contributed by atoms with E-state index >= 15 is 0 Å². The monoisotopic (exact) mass is 277 g/mol. The second-order valence-corrected chi connectivity index (χ2v) is 5.48. The number of aromatic carboxylic acids is 1. The van der Waals surface area contributed by atoms with Gasteiger partial charge in [0.25, 0.3) is 0 Å². The molecule has 19 heavy (non-hydrogen) atoms. The van der Waals surface area contributed by atoms with E-state index in [0.29, 0.717) is 13.1 Å². The van der Waals surface area contributed by atoms with E-state index in [0.717, 1.165) is 12.0 Å². The molecule has 0 fully saturated rings. The molecule has 0 atom stereocenters. The van der Waals surface area contributed by atoms with Crippen molar-refractivity contribution in [3.8, 4) is 0 Å². The Morgan fingerprint density at radius 2 is 2.21 bits per heavy atom. The number of carbonyl (C=O) groups is 1. The molecule has 5 heteroatoms. The lowest BCUT2D eigenvalue weighted by atomic mass is 10.1. The van der Waals surface area contributed by atoms with Gasteiger partial charge in [-0.3, -0.25) is 0 Å². The lowest BCUT2D eigenvalue weighted by Crippen LogP contribution is -2.31. The van der Waals surface area contributed by atoms with Crippen LogP contribution in [0.3, 0.4) is 0 Å². The number of carboxylic acids is 1. The number of halogens is 1. The van der Waals surface area contributed by atoms with E-state index in [2.05, 4.69) is 0 Å². The number of para-hydroxylation sites is 1. The van der Waals surface area contributed by atoms with Crippen molar-refractivity contribution in [1.82, 2.24) is 0 Å². The second-order valence-electron chi connectivity index (χ2n) is 4.48. The maximum Gasteiger partial charge on any atom is 0.337 e. The van der Waals surface area contributed by atoms with Crippen molar-refractivity contribution in [1.29, 1.82) is 0 Å². The minimum Gasteiger partial charge on any atom is -0.478 e. The van der Waals surface area contributed by atoms with Gasteiger partial charge >= 0.3 is 5.97 Å². The lowest BCUT2D eigenvalue weighted by molar-refractivity contribution is 0.0697. The highest BCUT2D eigenvalue weighted by atomic mass is 32.1. The molecule has 2 aromatic rings. The molecule has 0 spiro atoms. The van der Waals surface area contributed by atoms with Gasteiger partial charge in [-0.15, -0.1) is 11.3 Å². The molecular weight excluding hydrogens is 265 g/mol. The molecule has 0 saturated carbocycles. The number of nitrogens with zero attached hydrogens (tertiary/aromatic N) is 1. The highest BCUT2D eigenvalue weighted by molar-refractivity contribution is 7.10. The Hall–Kier alpha value is -1.88. The first kappa shape index (κ1) is 12.2. The summed E-state index contributed by atoms with van der Waals surface area (Å²) in [6.07, 6.45) is 0.834. The zero-order valence-corrected chi connectivity index (χ0v) is 10.9. The molecule has 1 aliphatic heterocycles. The number of carboxylic acid groups (broad SMARTS) is 1. The summed E-state index contributed by atoms with van der Waals surface area (Å²) < 4.78 is 14.0. The van der Waals surface area contributed by atoms with Crippen molar-refractivity contribution < 1.29 is 14.3 Å². The molecular formula is C14H12FNO2S. The summed E-state index contributed by atoms with van der Waals surface area (Å²) >= 11 is 1.70. The van der Waals surface area contributed by atoms with Gasteiger partial charge in [0.15, 0.2) is 0 Å².